The molecule has 190 valence electrons. The molecule has 6 nitrogen and oxygen atoms in total. The highest BCUT2D eigenvalue weighted by Gasteiger charge is 2.65. The lowest BCUT2D eigenvalue weighted by atomic mass is 9.66. The Bertz CT molecular complexity index is 1480. The Morgan fingerprint density at radius 3 is 2.57 bits per heavy atom. The number of fused-ring (bicyclic) bond motifs is 5. The third kappa shape index (κ3) is 3.31. The van der Waals surface area contributed by atoms with E-state index in [9.17, 15) is 13.9 Å². The summed E-state index contributed by atoms with van der Waals surface area (Å²) in [7, 11) is 0. The first-order valence-corrected chi connectivity index (χ1v) is 12.8. The summed E-state index contributed by atoms with van der Waals surface area (Å²) in [6, 6.07) is 11.6. The number of aromatic nitrogens is 5. The van der Waals surface area contributed by atoms with Gasteiger partial charge in [0.05, 0.1) is 52.6 Å². The average Bonchev–Trinajstić information content (AvgIpc) is 3.53. The van der Waals surface area contributed by atoms with Gasteiger partial charge in [0.2, 0.25) is 0 Å². The number of aliphatic hydroxyl groups is 1. The van der Waals surface area contributed by atoms with E-state index in [-0.39, 0.29) is 35.2 Å². The Kier molecular flexibility index (Phi) is 5.49. The van der Waals surface area contributed by atoms with E-state index in [1.165, 1.54) is 18.2 Å². The van der Waals surface area contributed by atoms with Crippen LogP contribution in [-0.2, 0) is 5.41 Å². The van der Waals surface area contributed by atoms with Crippen LogP contribution in [0.25, 0.3) is 22.5 Å². The number of hydrogen-bond acceptors (Lipinski definition) is 5. The zero-order valence-electron chi connectivity index (χ0n) is 21.1. The molecule has 1 aromatic carbocycles. The summed E-state index contributed by atoms with van der Waals surface area (Å²) in [4.78, 5) is 5.12. The lowest BCUT2D eigenvalue weighted by Crippen LogP contribution is -2.37. The number of pyridine rings is 1. The number of benzene rings is 1. The molecule has 2 bridgehead atoms. The van der Waals surface area contributed by atoms with Crippen molar-refractivity contribution in [1.82, 2.24) is 25.0 Å². The van der Waals surface area contributed by atoms with Gasteiger partial charge in [0.25, 0.3) is 0 Å². The smallest absolute Gasteiger partial charge is 0.135 e. The van der Waals surface area contributed by atoms with Gasteiger partial charge in [0.1, 0.15) is 11.6 Å². The number of hydrogen-bond donors (Lipinski definition) is 1. The van der Waals surface area contributed by atoms with Crippen molar-refractivity contribution >= 4 is 0 Å². The summed E-state index contributed by atoms with van der Waals surface area (Å²) in [5.41, 5.74) is 3.85. The minimum absolute atomic E-state index is 0.0258. The van der Waals surface area contributed by atoms with Crippen LogP contribution in [0.2, 0.25) is 0 Å². The van der Waals surface area contributed by atoms with Gasteiger partial charge in [0.15, 0.2) is 0 Å². The molecule has 1 fully saturated rings. The van der Waals surface area contributed by atoms with Crippen molar-refractivity contribution in [3.05, 3.63) is 83.4 Å². The first-order chi connectivity index (χ1) is 17.8. The molecule has 0 aliphatic heterocycles. The van der Waals surface area contributed by atoms with Gasteiger partial charge in [-0.2, -0.15) is 10.2 Å². The van der Waals surface area contributed by atoms with Crippen LogP contribution in [0.15, 0.2) is 54.9 Å². The van der Waals surface area contributed by atoms with Gasteiger partial charge < -0.3 is 5.11 Å². The van der Waals surface area contributed by atoms with Gasteiger partial charge in [-0.25, -0.2) is 8.78 Å². The number of nitrogens with zero attached hydrogens (tertiary/aromatic N) is 5. The van der Waals surface area contributed by atoms with E-state index in [4.69, 9.17) is 4.98 Å². The molecular weight excluding hydrogens is 472 g/mol. The van der Waals surface area contributed by atoms with Crippen LogP contribution in [0.5, 0.6) is 0 Å². The highest BCUT2D eigenvalue weighted by molar-refractivity contribution is 5.65. The third-order valence-electron chi connectivity index (χ3n) is 8.74. The van der Waals surface area contributed by atoms with Gasteiger partial charge in [-0.3, -0.25) is 9.67 Å². The molecule has 0 saturated heterocycles. The normalized spacial score (nSPS) is 22.3. The predicted octanol–water partition coefficient (Wildman–Crippen LogP) is 5.83. The van der Waals surface area contributed by atoms with E-state index in [1.807, 2.05) is 37.4 Å². The van der Waals surface area contributed by atoms with Crippen LogP contribution in [0.4, 0.5) is 8.78 Å². The van der Waals surface area contributed by atoms with Gasteiger partial charge in [-0.05, 0) is 66.5 Å². The molecule has 3 heterocycles. The fourth-order valence-corrected chi connectivity index (χ4v) is 6.66. The molecule has 0 amide bonds. The minimum Gasteiger partial charge on any atom is -0.394 e. The summed E-state index contributed by atoms with van der Waals surface area (Å²) in [5, 5.41) is 23.1. The Morgan fingerprint density at radius 2 is 1.84 bits per heavy atom. The lowest BCUT2D eigenvalue weighted by Gasteiger charge is -2.37. The lowest BCUT2D eigenvalue weighted by molar-refractivity contribution is 0.215. The minimum atomic E-state index is -0.646. The van der Waals surface area contributed by atoms with Crippen LogP contribution in [0.1, 0.15) is 68.9 Å². The highest BCUT2D eigenvalue weighted by atomic mass is 19.1. The van der Waals surface area contributed by atoms with E-state index < -0.39 is 17.0 Å². The zero-order chi connectivity index (χ0) is 25.9. The van der Waals surface area contributed by atoms with Crippen molar-refractivity contribution < 1.29 is 13.9 Å². The summed E-state index contributed by atoms with van der Waals surface area (Å²) < 4.78 is 30.9. The molecule has 4 aromatic rings. The first kappa shape index (κ1) is 23.9. The SMILES string of the molecule is CCC(CO)n1cc(-c2cccc([C@@]34CC[C@@H](c5cc(-c6c(F)cccc6F)nnc53)C4(C)C)n2)cn1. The molecule has 6 rings (SSSR count). The van der Waals surface area contributed by atoms with E-state index in [0.717, 1.165) is 47.5 Å². The Hall–Kier alpha value is -3.52. The van der Waals surface area contributed by atoms with Crippen molar-refractivity contribution in [2.45, 2.75) is 57.4 Å². The second-order valence-electron chi connectivity index (χ2n) is 10.7. The van der Waals surface area contributed by atoms with Crippen LogP contribution < -0.4 is 0 Å². The molecule has 2 aliphatic rings. The van der Waals surface area contributed by atoms with Crippen molar-refractivity contribution in [3.63, 3.8) is 0 Å². The zero-order valence-corrected chi connectivity index (χ0v) is 21.1. The molecule has 0 spiro atoms. The second-order valence-corrected chi connectivity index (χ2v) is 10.7. The second kappa shape index (κ2) is 8.52. The number of rotatable bonds is 6. The maximum Gasteiger partial charge on any atom is 0.135 e. The standard InChI is InChI=1S/C29H29F2N5O/c1-4-18(16-37)36-15-17(14-32-36)23-9-6-10-25(33-23)29-12-11-20(28(29,2)3)19-13-24(34-35-27(19)29)26-21(30)7-5-8-22(26)31/h5-10,13-15,18,20,37H,4,11-12,16H2,1-3H3/t18?,20-,29-/m0/s1. The van der Waals surface area contributed by atoms with Crippen LogP contribution in [0.3, 0.4) is 0 Å². The Labute approximate surface area is 214 Å². The largest absolute Gasteiger partial charge is 0.394 e. The fraction of sp³-hybridized carbons (Fsp3) is 0.379. The third-order valence-corrected chi connectivity index (χ3v) is 8.74. The molecule has 8 heteroatoms. The van der Waals surface area contributed by atoms with Crippen LogP contribution >= 0.6 is 0 Å². The average molecular weight is 502 g/mol. The van der Waals surface area contributed by atoms with Gasteiger partial charge >= 0.3 is 0 Å². The number of halogens is 2. The molecule has 1 saturated carbocycles. The molecule has 37 heavy (non-hydrogen) atoms. The Balaban J connectivity index is 1.45. The molecule has 2 aliphatic carbocycles. The van der Waals surface area contributed by atoms with E-state index in [0.29, 0.717) is 0 Å². The van der Waals surface area contributed by atoms with Gasteiger partial charge in [-0.1, -0.05) is 32.9 Å². The monoisotopic (exact) mass is 501 g/mol. The van der Waals surface area contributed by atoms with Crippen molar-refractivity contribution in [3.8, 4) is 22.5 Å². The highest BCUT2D eigenvalue weighted by Crippen LogP contribution is 2.69. The topological polar surface area (TPSA) is 76.7 Å². The summed E-state index contributed by atoms with van der Waals surface area (Å²) in [6.45, 7) is 6.51. The van der Waals surface area contributed by atoms with Gasteiger partial charge in [0, 0.05) is 11.8 Å². The Morgan fingerprint density at radius 1 is 1.08 bits per heavy atom. The fourth-order valence-electron chi connectivity index (χ4n) is 6.66. The molecule has 1 N–H and O–H groups in total. The summed E-state index contributed by atoms with van der Waals surface area (Å²) >= 11 is 0. The van der Waals surface area contributed by atoms with E-state index in [2.05, 4.69) is 29.1 Å². The molecule has 3 atom stereocenters. The van der Waals surface area contributed by atoms with Crippen molar-refractivity contribution in [2.75, 3.05) is 6.61 Å². The predicted molar refractivity (Wildman–Crippen MR) is 136 cm³/mol. The molecule has 0 radical (unpaired) electrons. The number of aliphatic hydroxyl groups excluding tert-OH is 1. The van der Waals surface area contributed by atoms with E-state index >= 15 is 0 Å². The molecule has 1 unspecified atom stereocenters. The molecule has 3 aromatic heterocycles. The summed E-state index contributed by atoms with van der Waals surface area (Å²) in [6.07, 6.45) is 6.29. The molecular formula is C29H29F2N5O. The quantitative estimate of drug-likeness (QED) is 0.360. The van der Waals surface area contributed by atoms with Crippen molar-refractivity contribution in [2.24, 2.45) is 5.41 Å². The maximum atomic E-state index is 14.5. The van der Waals surface area contributed by atoms with Crippen LogP contribution in [0, 0.1) is 17.0 Å². The van der Waals surface area contributed by atoms with Gasteiger partial charge in [-0.15, -0.1) is 5.10 Å². The maximum absolute atomic E-state index is 14.5. The van der Waals surface area contributed by atoms with Crippen LogP contribution in [-0.4, -0.2) is 36.7 Å². The first-order valence-electron chi connectivity index (χ1n) is 12.8. The summed E-state index contributed by atoms with van der Waals surface area (Å²) in [5.74, 6) is -1.12. The van der Waals surface area contributed by atoms with E-state index in [1.54, 1.807) is 10.9 Å². The van der Waals surface area contributed by atoms with Crippen molar-refractivity contribution in [1.29, 1.82) is 0 Å².